The molecule has 0 saturated heterocycles. The van der Waals surface area contributed by atoms with Crippen molar-refractivity contribution in [3.05, 3.63) is 65.4 Å². The summed E-state index contributed by atoms with van der Waals surface area (Å²) in [6.45, 7) is 1.92. The number of methoxy groups -OCH3 is 1. The minimum Gasteiger partial charge on any atom is -0.502 e. The lowest BCUT2D eigenvalue weighted by Crippen LogP contribution is -2.31. The fourth-order valence-corrected chi connectivity index (χ4v) is 2.53. The maximum Gasteiger partial charge on any atom is 0.301 e. The molecule has 0 bridgehead atoms. The molecular formula is C18H15NO4. The van der Waals surface area contributed by atoms with E-state index in [0.29, 0.717) is 17.0 Å². The van der Waals surface area contributed by atoms with Crippen molar-refractivity contribution >= 4 is 23.1 Å². The van der Waals surface area contributed by atoms with Gasteiger partial charge in [0.05, 0.1) is 18.4 Å². The van der Waals surface area contributed by atoms with Crippen molar-refractivity contribution in [1.82, 2.24) is 0 Å². The number of aryl methyl sites for hydroxylation is 1. The van der Waals surface area contributed by atoms with Gasteiger partial charge in [-0.25, -0.2) is 4.90 Å². The Morgan fingerprint density at radius 3 is 2.26 bits per heavy atom. The normalized spacial score (nSPS) is 14.6. The molecule has 0 aromatic heterocycles. The van der Waals surface area contributed by atoms with Gasteiger partial charge in [0.2, 0.25) is 0 Å². The van der Waals surface area contributed by atoms with Gasteiger partial charge in [-0.2, -0.15) is 0 Å². The van der Waals surface area contributed by atoms with E-state index in [1.807, 2.05) is 19.1 Å². The van der Waals surface area contributed by atoms with Crippen LogP contribution in [0.3, 0.4) is 0 Å². The molecule has 1 N–H and O–H groups in total. The molecule has 3 rings (SSSR count). The minimum absolute atomic E-state index is 0.000839. The molecule has 0 atom stereocenters. The quantitative estimate of drug-likeness (QED) is 0.885. The molecule has 0 fully saturated rings. The number of aliphatic hydroxyl groups excluding tert-OH is 1. The molecule has 0 unspecified atom stereocenters. The summed E-state index contributed by atoms with van der Waals surface area (Å²) < 4.78 is 5.20. The number of carbonyl (C=O) groups excluding carboxylic acids is 2. The monoisotopic (exact) mass is 309 g/mol. The molecule has 1 aliphatic heterocycles. The van der Waals surface area contributed by atoms with Gasteiger partial charge in [-0.1, -0.05) is 42.0 Å². The summed E-state index contributed by atoms with van der Waals surface area (Å²) in [5.41, 5.74) is 1.83. The van der Waals surface area contributed by atoms with E-state index >= 15 is 0 Å². The maximum absolute atomic E-state index is 12.7. The fraction of sp³-hybridized carbons (Fsp3) is 0.111. The number of hydrogen-bond acceptors (Lipinski definition) is 4. The number of imide groups is 1. The molecule has 5 heteroatoms. The van der Waals surface area contributed by atoms with Crippen LogP contribution in [0.1, 0.15) is 11.1 Å². The Balaban J connectivity index is 2.07. The second kappa shape index (κ2) is 5.61. The predicted molar refractivity (Wildman–Crippen MR) is 86.2 cm³/mol. The van der Waals surface area contributed by atoms with Gasteiger partial charge in [-0.05, 0) is 24.6 Å². The van der Waals surface area contributed by atoms with Gasteiger partial charge in [0, 0.05) is 0 Å². The highest BCUT2D eigenvalue weighted by Crippen LogP contribution is 2.36. The number of para-hydroxylation sites is 2. The van der Waals surface area contributed by atoms with E-state index in [2.05, 4.69) is 0 Å². The molecule has 2 aromatic carbocycles. The SMILES string of the molecule is COc1ccccc1N1C(=O)C(O)=C(c2ccc(C)cc2)C1=O. The van der Waals surface area contributed by atoms with Crippen LogP contribution >= 0.6 is 0 Å². The van der Waals surface area contributed by atoms with Crippen molar-refractivity contribution in [2.75, 3.05) is 12.0 Å². The van der Waals surface area contributed by atoms with E-state index in [4.69, 9.17) is 4.74 Å². The number of carbonyl (C=O) groups is 2. The molecular weight excluding hydrogens is 294 g/mol. The van der Waals surface area contributed by atoms with Crippen LogP contribution in [0.15, 0.2) is 54.3 Å². The molecule has 23 heavy (non-hydrogen) atoms. The van der Waals surface area contributed by atoms with E-state index in [1.165, 1.54) is 7.11 Å². The highest BCUT2D eigenvalue weighted by molar-refractivity contribution is 6.45. The number of aliphatic hydroxyl groups is 1. The van der Waals surface area contributed by atoms with Crippen molar-refractivity contribution in [2.45, 2.75) is 6.92 Å². The summed E-state index contributed by atoms with van der Waals surface area (Å²) in [6, 6.07) is 13.7. The van der Waals surface area contributed by atoms with Crippen LogP contribution in [0, 0.1) is 6.92 Å². The topological polar surface area (TPSA) is 66.8 Å². The van der Waals surface area contributed by atoms with Gasteiger partial charge in [0.15, 0.2) is 5.76 Å². The van der Waals surface area contributed by atoms with Crippen LogP contribution in [0.2, 0.25) is 0 Å². The summed E-state index contributed by atoms with van der Waals surface area (Å²) >= 11 is 0. The van der Waals surface area contributed by atoms with E-state index < -0.39 is 17.6 Å². The number of rotatable bonds is 3. The molecule has 2 amide bonds. The molecule has 1 aliphatic rings. The number of anilines is 1. The second-order valence-corrected chi connectivity index (χ2v) is 5.21. The molecule has 0 spiro atoms. The number of hydrogen-bond donors (Lipinski definition) is 1. The Labute approximate surface area is 133 Å². The zero-order valence-electron chi connectivity index (χ0n) is 12.7. The zero-order chi connectivity index (χ0) is 16.6. The van der Waals surface area contributed by atoms with Crippen LogP contribution in [0.5, 0.6) is 5.75 Å². The van der Waals surface area contributed by atoms with Gasteiger partial charge in [-0.3, -0.25) is 9.59 Å². The first-order valence-corrected chi connectivity index (χ1v) is 7.06. The number of benzene rings is 2. The van der Waals surface area contributed by atoms with Gasteiger partial charge in [-0.15, -0.1) is 0 Å². The molecule has 5 nitrogen and oxygen atoms in total. The first kappa shape index (κ1) is 14.8. The molecule has 0 radical (unpaired) electrons. The lowest BCUT2D eigenvalue weighted by Gasteiger charge is -2.17. The van der Waals surface area contributed by atoms with Gasteiger partial charge < -0.3 is 9.84 Å². The van der Waals surface area contributed by atoms with Crippen molar-refractivity contribution in [2.24, 2.45) is 0 Å². The number of nitrogens with zero attached hydrogens (tertiary/aromatic N) is 1. The van der Waals surface area contributed by atoms with E-state index in [9.17, 15) is 14.7 Å². The highest BCUT2D eigenvalue weighted by atomic mass is 16.5. The Kier molecular flexibility index (Phi) is 3.62. The highest BCUT2D eigenvalue weighted by Gasteiger charge is 2.41. The zero-order valence-corrected chi connectivity index (χ0v) is 12.7. The Morgan fingerprint density at radius 2 is 1.61 bits per heavy atom. The Morgan fingerprint density at radius 1 is 0.957 bits per heavy atom. The maximum atomic E-state index is 12.7. The standard InChI is InChI=1S/C18H15NO4/c1-11-7-9-12(10-8-11)15-16(20)18(22)19(17(15)21)13-5-3-4-6-14(13)23-2/h3-10,20H,1-2H3. The fourth-order valence-electron chi connectivity index (χ4n) is 2.53. The van der Waals surface area contributed by atoms with Crippen molar-refractivity contribution in [3.63, 3.8) is 0 Å². The molecule has 0 saturated carbocycles. The lowest BCUT2D eigenvalue weighted by molar-refractivity contribution is -0.121. The smallest absolute Gasteiger partial charge is 0.301 e. The Bertz CT molecular complexity index is 821. The third-order valence-electron chi connectivity index (χ3n) is 3.73. The Hall–Kier alpha value is -3.08. The van der Waals surface area contributed by atoms with Crippen LogP contribution in [-0.4, -0.2) is 24.0 Å². The third kappa shape index (κ3) is 2.36. The van der Waals surface area contributed by atoms with Crippen LogP contribution < -0.4 is 9.64 Å². The second-order valence-electron chi connectivity index (χ2n) is 5.21. The van der Waals surface area contributed by atoms with Crippen LogP contribution in [-0.2, 0) is 9.59 Å². The van der Waals surface area contributed by atoms with Crippen LogP contribution in [0.25, 0.3) is 5.57 Å². The van der Waals surface area contributed by atoms with Gasteiger partial charge in [0.1, 0.15) is 5.75 Å². The van der Waals surface area contributed by atoms with Crippen molar-refractivity contribution < 1.29 is 19.4 Å². The number of ether oxygens (including phenoxy) is 1. The van der Waals surface area contributed by atoms with Crippen molar-refractivity contribution in [1.29, 1.82) is 0 Å². The van der Waals surface area contributed by atoms with Gasteiger partial charge in [0.25, 0.3) is 5.91 Å². The third-order valence-corrected chi connectivity index (χ3v) is 3.73. The molecule has 116 valence electrons. The van der Waals surface area contributed by atoms with Crippen molar-refractivity contribution in [3.8, 4) is 5.75 Å². The summed E-state index contributed by atoms with van der Waals surface area (Å²) in [5.74, 6) is -1.49. The first-order valence-electron chi connectivity index (χ1n) is 7.06. The summed E-state index contributed by atoms with van der Waals surface area (Å²) in [6.07, 6.45) is 0. The summed E-state index contributed by atoms with van der Waals surface area (Å²) in [7, 11) is 1.46. The predicted octanol–water partition coefficient (Wildman–Crippen LogP) is 2.85. The van der Waals surface area contributed by atoms with E-state index in [-0.39, 0.29) is 5.57 Å². The van der Waals surface area contributed by atoms with Gasteiger partial charge >= 0.3 is 5.91 Å². The average Bonchev–Trinajstić information content (AvgIpc) is 2.78. The van der Waals surface area contributed by atoms with Crippen LogP contribution in [0.4, 0.5) is 5.69 Å². The lowest BCUT2D eigenvalue weighted by atomic mass is 10.0. The largest absolute Gasteiger partial charge is 0.502 e. The minimum atomic E-state index is -0.755. The summed E-state index contributed by atoms with van der Waals surface area (Å²) in [5, 5.41) is 10.2. The molecule has 2 aromatic rings. The van der Waals surface area contributed by atoms with E-state index in [0.717, 1.165) is 10.5 Å². The average molecular weight is 309 g/mol. The first-order chi connectivity index (χ1) is 11.0. The molecule has 0 aliphatic carbocycles. The number of amides is 2. The summed E-state index contributed by atoms with van der Waals surface area (Å²) in [4.78, 5) is 26.0. The molecule has 1 heterocycles. The van der Waals surface area contributed by atoms with E-state index in [1.54, 1.807) is 36.4 Å².